The second-order valence-electron chi connectivity index (χ2n) is 8.95. The highest BCUT2D eigenvalue weighted by Gasteiger charge is 2.25. The number of rotatable bonds is 8. The molecule has 6 nitrogen and oxygen atoms in total. The van der Waals surface area contributed by atoms with E-state index >= 15 is 0 Å². The predicted octanol–water partition coefficient (Wildman–Crippen LogP) is 6.72. The number of thiazole rings is 1. The number of hydrogen-bond acceptors (Lipinski definition) is 6. The van der Waals surface area contributed by atoms with Crippen molar-refractivity contribution in [3.05, 3.63) is 89.4 Å². The molecule has 0 bridgehead atoms. The first kappa shape index (κ1) is 25.7. The zero-order chi connectivity index (χ0) is 26.1. The first-order chi connectivity index (χ1) is 17.0. The standard InChI is InChI=1S/C27H28FN3O3S2/c1-17-10-9-13-21(28)24(17)31-36(32,33)23-16-19(14-15-22(23)34-5)25-18(2)29-26(35-25)30-27(3,4)20-11-7-6-8-12-20/h6-16,31H,1-5H3,(H,29,30). The van der Waals surface area contributed by atoms with E-state index in [1.807, 2.05) is 25.1 Å². The van der Waals surface area contributed by atoms with Crippen LogP contribution in [0.15, 0.2) is 71.6 Å². The predicted molar refractivity (Wildman–Crippen MR) is 144 cm³/mol. The molecular formula is C27H28FN3O3S2. The van der Waals surface area contributed by atoms with E-state index in [0.717, 1.165) is 21.3 Å². The summed E-state index contributed by atoms with van der Waals surface area (Å²) in [6.45, 7) is 7.67. The van der Waals surface area contributed by atoms with Gasteiger partial charge in [0.2, 0.25) is 0 Å². The van der Waals surface area contributed by atoms with E-state index in [1.165, 1.54) is 36.6 Å². The molecule has 0 fully saturated rings. The third-order valence-corrected chi connectivity index (χ3v) is 8.38. The average molecular weight is 526 g/mol. The van der Waals surface area contributed by atoms with Crippen LogP contribution in [0.25, 0.3) is 10.4 Å². The molecular weight excluding hydrogens is 497 g/mol. The monoisotopic (exact) mass is 525 g/mol. The summed E-state index contributed by atoms with van der Waals surface area (Å²) < 4.78 is 48.7. The number of nitrogens with zero attached hydrogens (tertiary/aromatic N) is 1. The lowest BCUT2D eigenvalue weighted by molar-refractivity contribution is 0.403. The molecule has 0 saturated heterocycles. The molecule has 1 aromatic heterocycles. The lowest BCUT2D eigenvalue weighted by atomic mass is 9.95. The third kappa shape index (κ3) is 5.22. The van der Waals surface area contributed by atoms with Crippen molar-refractivity contribution in [3.63, 3.8) is 0 Å². The summed E-state index contributed by atoms with van der Waals surface area (Å²) in [6, 6.07) is 19.4. The number of nitrogens with one attached hydrogen (secondary N) is 2. The number of anilines is 2. The lowest BCUT2D eigenvalue weighted by Gasteiger charge is -2.26. The molecule has 4 rings (SSSR count). The first-order valence-electron chi connectivity index (χ1n) is 11.3. The van der Waals surface area contributed by atoms with E-state index in [0.29, 0.717) is 11.1 Å². The Kier molecular flexibility index (Phi) is 7.06. The number of sulfonamides is 1. The van der Waals surface area contributed by atoms with Crippen LogP contribution in [-0.2, 0) is 15.6 Å². The minimum Gasteiger partial charge on any atom is -0.495 e. The lowest BCUT2D eigenvalue weighted by Crippen LogP contribution is -2.27. The van der Waals surface area contributed by atoms with Gasteiger partial charge in [-0.15, -0.1) is 0 Å². The molecule has 4 aromatic rings. The minimum atomic E-state index is -4.15. The molecule has 0 aliphatic carbocycles. The molecule has 188 valence electrons. The fourth-order valence-electron chi connectivity index (χ4n) is 3.89. The van der Waals surface area contributed by atoms with Crippen LogP contribution in [-0.4, -0.2) is 20.5 Å². The summed E-state index contributed by atoms with van der Waals surface area (Å²) in [7, 11) is -2.75. The molecule has 36 heavy (non-hydrogen) atoms. The van der Waals surface area contributed by atoms with Gasteiger partial charge < -0.3 is 10.1 Å². The highest BCUT2D eigenvalue weighted by molar-refractivity contribution is 7.92. The summed E-state index contributed by atoms with van der Waals surface area (Å²) in [5, 5.41) is 4.21. The van der Waals surface area contributed by atoms with Crippen LogP contribution in [0, 0.1) is 19.7 Å². The van der Waals surface area contributed by atoms with Crippen molar-refractivity contribution in [2.45, 2.75) is 38.1 Å². The second-order valence-corrected chi connectivity index (χ2v) is 11.6. The summed E-state index contributed by atoms with van der Waals surface area (Å²) >= 11 is 1.44. The van der Waals surface area contributed by atoms with Gasteiger partial charge in [0.25, 0.3) is 10.0 Å². The van der Waals surface area contributed by atoms with Crippen LogP contribution in [0.5, 0.6) is 5.75 Å². The van der Waals surface area contributed by atoms with E-state index in [2.05, 4.69) is 41.0 Å². The number of para-hydroxylation sites is 1. The van der Waals surface area contributed by atoms with Gasteiger partial charge in [-0.2, -0.15) is 0 Å². The minimum absolute atomic E-state index is 0.0860. The topological polar surface area (TPSA) is 80.3 Å². The van der Waals surface area contributed by atoms with Crippen LogP contribution in [0.1, 0.15) is 30.7 Å². The van der Waals surface area contributed by atoms with E-state index in [1.54, 1.807) is 25.1 Å². The molecule has 0 spiro atoms. The van der Waals surface area contributed by atoms with Gasteiger partial charge >= 0.3 is 0 Å². The number of ether oxygens (including phenoxy) is 1. The summed E-state index contributed by atoms with van der Waals surface area (Å²) in [4.78, 5) is 5.42. The van der Waals surface area contributed by atoms with Crippen LogP contribution in [0.2, 0.25) is 0 Å². The molecule has 9 heteroatoms. The van der Waals surface area contributed by atoms with Crippen LogP contribution < -0.4 is 14.8 Å². The number of halogens is 1. The summed E-state index contributed by atoms with van der Waals surface area (Å²) in [5.74, 6) is -0.491. The van der Waals surface area contributed by atoms with Crippen molar-refractivity contribution >= 4 is 32.2 Å². The number of methoxy groups -OCH3 is 1. The fraction of sp³-hybridized carbons (Fsp3) is 0.222. The van der Waals surface area contributed by atoms with Gasteiger partial charge in [-0.3, -0.25) is 4.72 Å². The normalized spacial score (nSPS) is 11.8. The van der Waals surface area contributed by atoms with Gasteiger partial charge in [0, 0.05) is 0 Å². The maximum absolute atomic E-state index is 14.4. The maximum atomic E-state index is 14.4. The van der Waals surface area contributed by atoms with Crippen molar-refractivity contribution in [2.24, 2.45) is 0 Å². The molecule has 0 aliphatic heterocycles. The zero-order valence-corrected chi connectivity index (χ0v) is 22.4. The van der Waals surface area contributed by atoms with Crippen LogP contribution in [0.3, 0.4) is 0 Å². The Bertz CT molecular complexity index is 1480. The van der Waals surface area contributed by atoms with Crippen molar-refractivity contribution in [1.29, 1.82) is 0 Å². The summed E-state index contributed by atoms with van der Waals surface area (Å²) in [6.07, 6.45) is 0. The van der Waals surface area contributed by atoms with E-state index in [-0.39, 0.29) is 21.9 Å². The molecule has 0 radical (unpaired) electrons. The Hall–Kier alpha value is -3.43. The van der Waals surface area contributed by atoms with Gasteiger partial charge in [-0.1, -0.05) is 53.8 Å². The van der Waals surface area contributed by atoms with Crippen molar-refractivity contribution in [3.8, 4) is 16.2 Å². The van der Waals surface area contributed by atoms with Gasteiger partial charge in [-0.25, -0.2) is 17.8 Å². The third-order valence-electron chi connectivity index (χ3n) is 5.89. The smallest absolute Gasteiger partial charge is 0.265 e. The van der Waals surface area contributed by atoms with Crippen LogP contribution >= 0.6 is 11.3 Å². The Morgan fingerprint density at radius 3 is 2.39 bits per heavy atom. The summed E-state index contributed by atoms with van der Waals surface area (Å²) in [5.41, 5.74) is 2.57. The Balaban J connectivity index is 1.70. The van der Waals surface area contributed by atoms with Gasteiger partial charge in [-0.05, 0) is 68.7 Å². The van der Waals surface area contributed by atoms with Crippen LogP contribution in [0.4, 0.5) is 15.2 Å². The molecule has 1 heterocycles. The number of aryl methyl sites for hydroxylation is 2. The fourth-order valence-corrected chi connectivity index (χ4v) is 6.35. The van der Waals surface area contributed by atoms with E-state index < -0.39 is 15.8 Å². The quantitative estimate of drug-likeness (QED) is 0.267. The number of aromatic nitrogens is 1. The maximum Gasteiger partial charge on any atom is 0.265 e. The largest absolute Gasteiger partial charge is 0.495 e. The van der Waals surface area contributed by atoms with Crippen molar-refractivity contribution in [2.75, 3.05) is 17.1 Å². The zero-order valence-electron chi connectivity index (χ0n) is 20.7. The second kappa shape index (κ2) is 9.91. The Morgan fingerprint density at radius 1 is 1.00 bits per heavy atom. The number of hydrogen-bond donors (Lipinski definition) is 2. The van der Waals surface area contributed by atoms with Gasteiger partial charge in [0.15, 0.2) is 5.13 Å². The van der Waals surface area contributed by atoms with Crippen molar-refractivity contribution in [1.82, 2.24) is 4.98 Å². The average Bonchev–Trinajstić information content (AvgIpc) is 3.20. The van der Waals surface area contributed by atoms with E-state index in [9.17, 15) is 12.8 Å². The van der Waals surface area contributed by atoms with Gasteiger partial charge in [0.05, 0.1) is 28.9 Å². The van der Waals surface area contributed by atoms with Gasteiger partial charge in [0.1, 0.15) is 16.5 Å². The number of benzene rings is 3. The Morgan fingerprint density at radius 2 is 1.72 bits per heavy atom. The highest BCUT2D eigenvalue weighted by atomic mass is 32.2. The molecule has 3 aromatic carbocycles. The molecule has 0 unspecified atom stereocenters. The molecule has 0 amide bonds. The first-order valence-corrected chi connectivity index (χ1v) is 13.6. The van der Waals surface area contributed by atoms with E-state index in [4.69, 9.17) is 4.74 Å². The van der Waals surface area contributed by atoms with Crippen molar-refractivity contribution < 1.29 is 17.5 Å². The highest BCUT2D eigenvalue weighted by Crippen LogP contribution is 2.38. The molecule has 0 aliphatic rings. The SMILES string of the molecule is COc1ccc(-c2sc(NC(C)(C)c3ccccc3)nc2C)cc1S(=O)(=O)Nc1c(C)cccc1F. The molecule has 0 atom stereocenters. The Labute approximate surface area is 215 Å². The molecule has 0 saturated carbocycles. The molecule has 2 N–H and O–H groups in total.